The van der Waals surface area contributed by atoms with Crippen LogP contribution in [0.5, 0.6) is 0 Å². The maximum absolute atomic E-state index is 12.9. The van der Waals surface area contributed by atoms with Crippen LogP contribution in [0.4, 0.5) is 4.39 Å². The smallest absolute Gasteiger partial charge is 0.229 e. The normalized spacial score (nSPS) is 24.3. The number of benzene rings is 1. The van der Waals surface area contributed by atoms with Crippen LogP contribution in [-0.4, -0.2) is 31.2 Å². The summed E-state index contributed by atoms with van der Waals surface area (Å²) in [6, 6.07) is 5.50. The van der Waals surface area contributed by atoms with E-state index >= 15 is 0 Å². The van der Waals surface area contributed by atoms with Gasteiger partial charge in [0.15, 0.2) is 0 Å². The molecular weight excluding hydrogens is 251 g/mol. The van der Waals surface area contributed by atoms with Gasteiger partial charge in [0, 0.05) is 24.5 Å². The minimum Gasteiger partial charge on any atom is -0.377 e. The first-order valence-electron chi connectivity index (χ1n) is 6.24. The van der Waals surface area contributed by atoms with E-state index in [1.807, 2.05) is 0 Å². The molecule has 1 fully saturated rings. The molecular formula is C13H17FN2O3. The number of nitro groups is 1. The van der Waals surface area contributed by atoms with E-state index in [0.29, 0.717) is 19.5 Å². The lowest BCUT2D eigenvalue weighted by atomic mass is 9.93. The Morgan fingerprint density at radius 2 is 2.16 bits per heavy atom. The highest BCUT2D eigenvalue weighted by Gasteiger charge is 2.37. The summed E-state index contributed by atoms with van der Waals surface area (Å²) >= 11 is 0. The maximum atomic E-state index is 12.9. The summed E-state index contributed by atoms with van der Waals surface area (Å²) < 4.78 is 18.3. The van der Waals surface area contributed by atoms with Gasteiger partial charge in [0.1, 0.15) is 5.82 Å². The average molecular weight is 268 g/mol. The topological polar surface area (TPSA) is 64.4 Å². The zero-order valence-corrected chi connectivity index (χ0v) is 10.7. The van der Waals surface area contributed by atoms with Crippen molar-refractivity contribution in [3.8, 4) is 0 Å². The zero-order valence-electron chi connectivity index (χ0n) is 10.7. The average Bonchev–Trinajstić information content (AvgIpc) is 2.85. The van der Waals surface area contributed by atoms with Crippen LogP contribution < -0.4 is 5.32 Å². The van der Waals surface area contributed by atoms with Crippen molar-refractivity contribution in [3.05, 3.63) is 45.8 Å². The second-order valence-corrected chi connectivity index (χ2v) is 4.78. The highest BCUT2D eigenvalue weighted by Crippen LogP contribution is 2.28. The number of nitrogens with zero attached hydrogens (tertiary/aromatic N) is 1. The van der Waals surface area contributed by atoms with Gasteiger partial charge in [-0.2, -0.15) is 0 Å². The lowest BCUT2D eigenvalue weighted by Gasteiger charge is -2.20. The van der Waals surface area contributed by atoms with E-state index in [1.165, 1.54) is 12.1 Å². The number of hydrogen-bond donors (Lipinski definition) is 1. The third kappa shape index (κ3) is 3.27. The molecule has 0 saturated carbocycles. The summed E-state index contributed by atoms with van der Waals surface area (Å²) in [5, 5.41) is 14.0. The molecule has 5 nitrogen and oxygen atoms in total. The minimum atomic E-state index is -0.571. The van der Waals surface area contributed by atoms with Crippen molar-refractivity contribution in [2.75, 3.05) is 20.2 Å². The fourth-order valence-electron chi connectivity index (χ4n) is 2.53. The first-order valence-corrected chi connectivity index (χ1v) is 6.24. The maximum Gasteiger partial charge on any atom is 0.229 e. The Morgan fingerprint density at radius 3 is 2.74 bits per heavy atom. The van der Waals surface area contributed by atoms with Gasteiger partial charge >= 0.3 is 0 Å². The first-order chi connectivity index (χ1) is 9.11. The molecule has 0 spiro atoms. The zero-order chi connectivity index (χ0) is 13.8. The molecule has 19 heavy (non-hydrogen) atoms. The molecule has 6 heteroatoms. The second-order valence-electron chi connectivity index (χ2n) is 4.78. The molecule has 2 rings (SSSR count). The summed E-state index contributed by atoms with van der Waals surface area (Å²) in [6.45, 7) is 1.02. The van der Waals surface area contributed by atoms with E-state index in [1.54, 1.807) is 19.2 Å². The predicted octanol–water partition coefficient (Wildman–Crippen LogP) is 1.77. The predicted molar refractivity (Wildman–Crippen MR) is 67.9 cm³/mol. The van der Waals surface area contributed by atoms with Crippen LogP contribution in [0.3, 0.4) is 0 Å². The molecule has 1 aliphatic rings. The highest BCUT2D eigenvalue weighted by atomic mass is 19.1. The summed E-state index contributed by atoms with van der Waals surface area (Å²) in [5.74, 6) is -0.366. The molecule has 0 aliphatic carbocycles. The monoisotopic (exact) mass is 268 g/mol. The number of halogens is 1. The molecule has 1 saturated heterocycles. The van der Waals surface area contributed by atoms with Crippen LogP contribution in [0.15, 0.2) is 24.3 Å². The Bertz CT molecular complexity index is 438. The Morgan fingerprint density at radius 1 is 1.47 bits per heavy atom. The molecule has 1 aromatic carbocycles. The third-order valence-electron chi connectivity index (χ3n) is 3.62. The fraction of sp³-hybridized carbons (Fsp3) is 0.538. The Balaban J connectivity index is 2.06. The van der Waals surface area contributed by atoms with E-state index < -0.39 is 6.04 Å². The van der Waals surface area contributed by atoms with E-state index in [4.69, 9.17) is 4.74 Å². The molecule has 1 aliphatic heterocycles. The van der Waals surface area contributed by atoms with E-state index in [9.17, 15) is 14.5 Å². The van der Waals surface area contributed by atoms with Crippen LogP contribution >= 0.6 is 0 Å². The first kappa shape index (κ1) is 13.9. The highest BCUT2D eigenvalue weighted by molar-refractivity contribution is 5.19. The van der Waals surface area contributed by atoms with Crippen molar-refractivity contribution >= 4 is 0 Å². The Labute approximate surface area is 110 Å². The van der Waals surface area contributed by atoms with E-state index in [-0.39, 0.29) is 22.8 Å². The van der Waals surface area contributed by atoms with Gasteiger partial charge in [-0.15, -0.1) is 0 Å². The number of ether oxygens (including phenoxy) is 1. The van der Waals surface area contributed by atoms with Crippen LogP contribution in [0.25, 0.3) is 0 Å². The van der Waals surface area contributed by atoms with Crippen LogP contribution in [-0.2, 0) is 4.74 Å². The number of rotatable bonds is 5. The van der Waals surface area contributed by atoms with Gasteiger partial charge in [0.05, 0.1) is 12.6 Å². The Kier molecular flexibility index (Phi) is 4.44. The molecule has 3 atom stereocenters. The Hall–Kier alpha value is -1.53. The lowest BCUT2D eigenvalue weighted by molar-refractivity contribution is -0.525. The van der Waals surface area contributed by atoms with E-state index in [2.05, 4.69) is 5.32 Å². The van der Waals surface area contributed by atoms with Crippen molar-refractivity contribution < 1.29 is 14.1 Å². The second kappa shape index (κ2) is 6.08. The summed E-state index contributed by atoms with van der Waals surface area (Å²) in [6.07, 6.45) is 0.314. The SMILES string of the molecule is COC(CC1CNCC1[N+](=O)[O-])c1ccc(F)cc1. The van der Waals surface area contributed by atoms with Crippen molar-refractivity contribution in [2.24, 2.45) is 5.92 Å². The lowest BCUT2D eigenvalue weighted by Crippen LogP contribution is -2.29. The molecule has 1 N–H and O–H groups in total. The van der Waals surface area contributed by atoms with Crippen LogP contribution in [0.2, 0.25) is 0 Å². The van der Waals surface area contributed by atoms with Gasteiger partial charge in [-0.05, 0) is 24.1 Å². The van der Waals surface area contributed by atoms with E-state index in [0.717, 1.165) is 5.56 Å². The molecule has 0 bridgehead atoms. The molecule has 104 valence electrons. The summed E-state index contributed by atoms with van der Waals surface area (Å²) in [7, 11) is 1.57. The number of nitrogens with one attached hydrogen (secondary N) is 1. The van der Waals surface area contributed by atoms with Gasteiger partial charge in [-0.3, -0.25) is 10.1 Å². The van der Waals surface area contributed by atoms with Gasteiger partial charge in [0.25, 0.3) is 0 Å². The van der Waals surface area contributed by atoms with Crippen molar-refractivity contribution in [1.29, 1.82) is 0 Å². The molecule has 3 unspecified atom stereocenters. The van der Waals surface area contributed by atoms with Gasteiger partial charge in [0.2, 0.25) is 6.04 Å². The van der Waals surface area contributed by atoms with Gasteiger partial charge < -0.3 is 10.1 Å². The molecule has 0 amide bonds. The molecule has 1 aromatic rings. The van der Waals surface area contributed by atoms with Crippen LogP contribution in [0.1, 0.15) is 18.1 Å². The van der Waals surface area contributed by atoms with Crippen molar-refractivity contribution in [1.82, 2.24) is 5.32 Å². The summed E-state index contributed by atoms with van der Waals surface area (Å²) in [4.78, 5) is 10.7. The standard InChI is InChI=1S/C13H17FN2O3/c1-19-13(9-2-4-11(14)5-3-9)6-10-7-15-8-12(10)16(17)18/h2-5,10,12-13,15H,6-8H2,1H3. The van der Waals surface area contributed by atoms with Gasteiger partial charge in [-0.1, -0.05) is 12.1 Å². The number of hydrogen-bond acceptors (Lipinski definition) is 4. The molecule has 0 radical (unpaired) electrons. The molecule has 1 heterocycles. The minimum absolute atomic E-state index is 0.0648. The fourth-order valence-corrected chi connectivity index (χ4v) is 2.53. The van der Waals surface area contributed by atoms with Crippen LogP contribution in [0, 0.1) is 21.8 Å². The third-order valence-corrected chi connectivity index (χ3v) is 3.62. The summed E-state index contributed by atoms with van der Waals surface area (Å²) in [5.41, 5.74) is 0.845. The van der Waals surface area contributed by atoms with Gasteiger partial charge in [-0.25, -0.2) is 4.39 Å². The molecule has 0 aromatic heterocycles. The largest absolute Gasteiger partial charge is 0.377 e. The van der Waals surface area contributed by atoms with Crippen molar-refractivity contribution in [2.45, 2.75) is 18.6 Å². The quantitative estimate of drug-likeness (QED) is 0.653. The van der Waals surface area contributed by atoms with Crippen molar-refractivity contribution in [3.63, 3.8) is 0 Å². The number of methoxy groups -OCH3 is 1.